The molecular formula is C17H19N5O2. The van der Waals surface area contributed by atoms with Crippen LogP contribution in [0.4, 0.5) is 11.5 Å². The first kappa shape index (κ1) is 15.2. The number of nitrogens with one attached hydrogen (secondary N) is 1. The second-order valence-electron chi connectivity index (χ2n) is 5.96. The van der Waals surface area contributed by atoms with Crippen molar-refractivity contribution in [3.8, 4) is 11.4 Å². The molecule has 2 aromatic rings. The SMILES string of the molecule is O=Nc1ccc(-c2nc3c(c(N4CCOCC4)n2)CCNC3)cc1. The van der Waals surface area contributed by atoms with Crippen LogP contribution in [0.15, 0.2) is 29.4 Å². The number of anilines is 1. The van der Waals surface area contributed by atoms with E-state index < -0.39 is 0 Å². The third-order valence-electron chi connectivity index (χ3n) is 4.46. The molecule has 1 N–H and O–H groups in total. The number of benzene rings is 1. The van der Waals surface area contributed by atoms with Gasteiger partial charge < -0.3 is 15.0 Å². The van der Waals surface area contributed by atoms with Gasteiger partial charge in [-0.3, -0.25) is 0 Å². The van der Waals surface area contributed by atoms with Crippen LogP contribution < -0.4 is 10.2 Å². The molecule has 0 spiro atoms. The molecule has 0 bridgehead atoms. The minimum absolute atomic E-state index is 0.409. The van der Waals surface area contributed by atoms with Crippen LogP contribution in [0, 0.1) is 4.91 Å². The highest BCUT2D eigenvalue weighted by Gasteiger charge is 2.23. The van der Waals surface area contributed by atoms with Gasteiger partial charge >= 0.3 is 0 Å². The van der Waals surface area contributed by atoms with E-state index in [4.69, 9.17) is 14.7 Å². The van der Waals surface area contributed by atoms with E-state index in [0.29, 0.717) is 11.5 Å². The summed E-state index contributed by atoms with van der Waals surface area (Å²) in [5.74, 6) is 1.72. The number of rotatable bonds is 3. The first-order valence-electron chi connectivity index (χ1n) is 8.22. The Balaban J connectivity index is 1.77. The van der Waals surface area contributed by atoms with Crippen molar-refractivity contribution < 1.29 is 4.74 Å². The van der Waals surface area contributed by atoms with Crippen molar-refractivity contribution in [2.24, 2.45) is 5.18 Å². The van der Waals surface area contributed by atoms with Crippen LogP contribution in [-0.4, -0.2) is 42.8 Å². The maximum atomic E-state index is 10.6. The van der Waals surface area contributed by atoms with Crippen LogP contribution in [0.2, 0.25) is 0 Å². The summed E-state index contributed by atoms with van der Waals surface area (Å²) in [6.45, 7) is 4.87. The third-order valence-corrected chi connectivity index (χ3v) is 4.46. The Kier molecular flexibility index (Phi) is 4.18. The van der Waals surface area contributed by atoms with Gasteiger partial charge in [-0.25, -0.2) is 9.97 Å². The molecule has 0 radical (unpaired) electrons. The number of hydrogen-bond donors (Lipinski definition) is 1. The zero-order valence-electron chi connectivity index (χ0n) is 13.4. The second-order valence-corrected chi connectivity index (χ2v) is 5.96. The third kappa shape index (κ3) is 2.88. The second kappa shape index (κ2) is 6.62. The van der Waals surface area contributed by atoms with Gasteiger partial charge in [-0.15, -0.1) is 4.91 Å². The predicted molar refractivity (Wildman–Crippen MR) is 91.4 cm³/mol. The van der Waals surface area contributed by atoms with E-state index in [1.807, 2.05) is 12.1 Å². The largest absolute Gasteiger partial charge is 0.378 e. The Hall–Kier alpha value is -2.38. The van der Waals surface area contributed by atoms with Gasteiger partial charge in [-0.05, 0) is 42.4 Å². The Morgan fingerprint density at radius 2 is 1.92 bits per heavy atom. The van der Waals surface area contributed by atoms with Crippen molar-refractivity contribution in [2.75, 3.05) is 37.7 Å². The molecule has 1 saturated heterocycles. The normalized spacial score (nSPS) is 17.4. The Labute approximate surface area is 140 Å². The fourth-order valence-corrected chi connectivity index (χ4v) is 3.18. The van der Waals surface area contributed by atoms with Gasteiger partial charge in [0, 0.05) is 30.8 Å². The maximum Gasteiger partial charge on any atom is 0.161 e. The molecule has 24 heavy (non-hydrogen) atoms. The molecular weight excluding hydrogens is 306 g/mol. The first-order chi connectivity index (χ1) is 11.8. The fraction of sp³-hybridized carbons (Fsp3) is 0.412. The first-order valence-corrected chi connectivity index (χ1v) is 8.22. The van der Waals surface area contributed by atoms with Crippen molar-refractivity contribution in [1.82, 2.24) is 15.3 Å². The molecule has 7 heteroatoms. The summed E-state index contributed by atoms with van der Waals surface area (Å²) in [7, 11) is 0. The molecule has 0 aliphatic carbocycles. The molecule has 124 valence electrons. The lowest BCUT2D eigenvalue weighted by Crippen LogP contribution is -2.39. The number of nitroso groups, excluding NO2 is 1. The van der Waals surface area contributed by atoms with Crippen molar-refractivity contribution in [2.45, 2.75) is 13.0 Å². The summed E-state index contributed by atoms with van der Waals surface area (Å²) < 4.78 is 5.47. The number of hydrogen-bond acceptors (Lipinski definition) is 7. The van der Waals surface area contributed by atoms with E-state index in [1.165, 1.54) is 5.56 Å². The molecule has 0 amide bonds. The number of fused-ring (bicyclic) bond motifs is 1. The number of aromatic nitrogens is 2. The minimum atomic E-state index is 0.409. The number of nitrogens with zero attached hydrogens (tertiary/aromatic N) is 4. The molecule has 7 nitrogen and oxygen atoms in total. The zero-order chi connectivity index (χ0) is 16.4. The van der Waals surface area contributed by atoms with Crippen LogP contribution in [-0.2, 0) is 17.7 Å². The van der Waals surface area contributed by atoms with Gasteiger partial charge in [-0.1, -0.05) is 0 Å². The van der Waals surface area contributed by atoms with E-state index in [9.17, 15) is 4.91 Å². The summed E-state index contributed by atoms with van der Waals surface area (Å²) in [5, 5.41) is 6.32. The van der Waals surface area contributed by atoms with Crippen molar-refractivity contribution in [1.29, 1.82) is 0 Å². The van der Waals surface area contributed by atoms with Crippen molar-refractivity contribution in [3.63, 3.8) is 0 Å². The minimum Gasteiger partial charge on any atom is -0.378 e. The molecule has 0 unspecified atom stereocenters. The highest BCUT2D eigenvalue weighted by Crippen LogP contribution is 2.28. The van der Waals surface area contributed by atoms with E-state index in [-0.39, 0.29) is 0 Å². The van der Waals surface area contributed by atoms with E-state index in [2.05, 4.69) is 15.4 Å². The summed E-state index contributed by atoms with van der Waals surface area (Å²) >= 11 is 0. The van der Waals surface area contributed by atoms with Crippen LogP contribution in [0.3, 0.4) is 0 Å². The molecule has 1 aromatic heterocycles. The average Bonchev–Trinajstić information content (AvgIpc) is 2.68. The lowest BCUT2D eigenvalue weighted by molar-refractivity contribution is 0.122. The van der Waals surface area contributed by atoms with Gasteiger partial charge in [0.1, 0.15) is 11.5 Å². The Morgan fingerprint density at radius 3 is 2.67 bits per heavy atom. The topological polar surface area (TPSA) is 79.7 Å². The summed E-state index contributed by atoms with van der Waals surface area (Å²) in [6.07, 6.45) is 0.941. The summed E-state index contributed by atoms with van der Waals surface area (Å²) in [5.41, 5.74) is 3.60. The Bertz CT molecular complexity index is 741. The zero-order valence-corrected chi connectivity index (χ0v) is 13.4. The van der Waals surface area contributed by atoms with Crippen LogP contribution in [0.5, 0.6) is 0 Å². The van der Waals surface area contributed by atoms with Gasteiger partial charge in [0.15, 0.2) is 5.82 Å². The maximum absolute atomic E-state index is 10.6. The van der Waals surface area contributed by atoms with Crippen molar-refractivity contribution in [3.05, 3.63) is 40.4 Å². The number of ether oxygens (including phenoxy) is 1. The van der Waals surface area contributed by atoms with Crippen LogP contribution in [0.1, 0.15) is 11.3 Å². The van der Waals surface area contributed by atoms with E-state index in [0.717, 1.165) is 62.9 Å². The average molecular weight is 325 g/mol. The molecule has 2 aliphatic heterocycles. The van der Waals surface area contributed by atoms with E-state index >= 15 is 0 Å². The van der Waals surface area contributed by atoms with Crippen LogP contribution in [0.25, 0.3) is 11.4 Å². The number of morpholine rings is 1. The summed E-state index contributed by atoms with van der Waals surface area (Å²) in [4.78, 5) is 22.5. The fourth-order valence-electron chi connectivity index (χ4n) is 3.18. The monoisotopic (exact) mass is 325 g/mol. The molecule has 1 aromatic carbocycles. The molecule has 0 atom stereocenters. The standard InChI is InChI=1S/C17H19N5O2/c23-21-13-3-1-12(2-4-13)16-19-15-11-18-6-5-14(15)17(20-16)22-7-9-24-10-8-22/h1-4,18H,5-11H2. The van der Waals surface area contributed by atoms with Gasteiger partial charge in [0.2, 0.25) is 0 Å². The lowest BCUT2D eigenvalue weighted by Gasteiger charge is -2.31. The Morgan fingerprint density at radius 1 is 1.12 bits per heavy atom. The molecule has 0 saturated carbocycles. The molecule has 3 heterocycles. The van der Waals surface area contributed by atoms with Crippen LogP contribution >= 0.6 is 0 Å². The molecule has 4 rings (SSSR count). The van der Waals surface area contributed by atoms with E-state index in [1.54, 1.807) is 12.1 Å². The summed E-state index contributed by atoms with van der Waals surface area (Å²) in [6, 6.07) is 7.07. The van der Waals surface area contributed by atoms with Gasteiger partial charge in [-0.2, -0.15) is 0 Å². The molecule has 1 fully saturated rings. The smallest absolute Gasteiger partial charge is 0.161 e. The molecule has 2 aliphatic rings. The van der Waals surface area contributed by atoms with Crippen molar-refractivity contribution >= 4 is 11.5 Å². The quantitative estimate of drug-likeness (QED) is 0.870. The van der Waals surface area contributed by atoms with Gasteiger partial charge in [0.05, 0.1) is 18.9 Å². The lowest BCUT2D eigenvalue weighted by atomic mass is 10.1. The highest BCUT2D eigenvalue weighted by atomic mass is 16.5. The predicted octanol–water partition coefficient (Wildman–Crippen LogP) is 2.02. The van der Waals surface area contributed by atoms with Gasteiger partial charge in [0.25, 0.3) is 0 Å². The highest BCUT2D eigenvalue weighted by molar-refractivity contribution is 5.63.